The summed E-state index contributed by atoms with van der Waals surface area (Å²) in [6.45, 7) is 10.5. The molecular formula is C57H84N2O8. The molecule has 10 nitrogen and oxygen atoms in total. The second-order valence-electron chi connectivity index (χ2n) is 21.7. The van der Waals surface area contributed by atoms with Crippen LogP contribution in [0.25, 0.3) is 0 Å². The van der Waals surface area contributed by atoms with Gasteiger partial charge < -0.3 is 45.6 Å². The van der Waals surface area contributed by atoms with Crippen LogP contribution in [0.2, 0.25) is 0 Å². The predicted octanol–water partition coefficient (Wildman–Crippen LogP) is 7.44. The van der Waals surface area contributed by atoms with Gasteiger partial charge in [0.05, 0.1) is 31.5 Å². The number of methoxy groups -OCH3 is 1. The van der Waals surface area contributed by atoms with Crippen molar-refractivity contribution < 1.29 is 39.8 Å². The van der Waals surface area contributed by atoms with E-state index in [0.717, 1.165) is 61.8 Å². The SMILES string of the molecule is C=C(/C=C/C=C(/COC[C@H](O)CO)[C@]12CC[C@@]3([C@@H]1O)[C@@](O)(CCNC)C[C@@H]1C=C[C@@H](CCO)[C@@]3(CC2)C1=C(C)C=O)[C@@H]1C/C=C(\C)CN[C@@](CCOC)(C2CCCCC2)Cc2cccc(c2)C1. The number of benzene rings is 1. The Labute approximate surface area is 401 Å². The van der Waals surface area contributed by atoms with Gasteiger partial charge in [-0.3, -0.25) is 4.79 Å². The highest BCUT2D eigenvalue weighted by molar-refractivity contribution is 5.75. The molecule has 0 radical (unpaired) electrons. The standard InChI is InChI=1S/C57H84N2O8/c1-40-17-18-45(32-43-12-10-13-44(31-43)33-54(59-35-40,27-30-66-5)47-14-7-6-8-15-47)41(2)11-9-16-49(38-67-39-50(63)37-62)53-22-24-56-48(21-29-60)20-19-46(51(56)42(3)36-61)34-55(65,26-28-58-4)57(56,25-23-53)52(53)64/h9-13,16-17,19-20,31,36,45-48,50,52,58-60,62-65H,2,6-8,14-15,18,21-30,32-35,37-39H2,1,3-5H3/b11-9+,40-17+,49-16-,51-42?/t45-,46+,48+,50-,52-,53+,54-,55-,56+,57-/m1/s1. The summed E-state index contributed by atoms with van der Waals surface area (Å²) in [4.78, 5) is 12.8. The second kappa shape index (κ2) is 22.4. The molecule has 2 spiro atoms. The molecule has 370 valence electrons. The number of allylic oxidation sites excluding steroid dienone is 9. The summed E-state index contributed by atoms with van der Waals surface area (Å²) in [7, 11) is 3.70. The van der Waals surface area contributed by atoms with Crippen molar-refractivity contribution in [1.29, 1.82) is 0 Å². The van der Waals surface area contributed by atoms with E-state index in [1.165, 1.54) is 48.8 Å². The molecule has 1 aromatic carbocycles. The van der Waals surface area contributed by atoms with Gasteiger partial charge >= 0.3 is 0 Å². The molecule has 7 rings (SSSR count). The number of hydrogen-bond donors (Lipinski definition) is 7. The molecule has 10 atom stereocenters. The monoisotopic (exact) mass is 925 g/mol. The van der Waals surface area contributed by atoms with E-state index in [2.05, 4.69) is 78.8 Å². The molecule has 1 aliphatic heterocycles. The lowest BCUT2D eigenvalue weighted by molar-refractivity contribution is -0.256. The molecule has 6 bridgehead atoms. The number of nitrogens with one attached hydrogen (secondary N) is 2. The normalized spacial score (nSPS) is 36.7. The molecule has 6 aliphatic rings. The van der Waals surface area contributed by atoms with E-state index in [1.54, 1.807) is 0 Å². The Morgan fingerprint density at radius 1 is 1.07 bits per heavy atom. The third-order valence-electron chi connectivity index (χ3n) is 18.1. The Morgan fingerprint density at radius 2 is 1.85 bits per heavy atom. The Bertz CT molecular complexity index is 2040. The van der Waals surface area contributed by atoms with Gasteiger partial charge in [-0.05, 0) is 157 Å². The molecule has 0 unspecified atom stereocenters. The number of carbonyl (C=O) groups is 1. The van der Waals surface area contributed by atoms with Gasteiger partial charge in [0.1, 0.15) is 12.4 Å². The number of aldehydes is 1. The van der Waals surface area contributed by atoms with Gasteiger partial charge in [0.25, 0.3) is 0 Å². The first-order valence-corrected chi connectivity index (χ1v) is 25.7. The molecule has 67 heavy (non-hydrogen) atoms. The summed E-state index contributed by atoms with van der Waals surface area (Å²) in [5, 5.41) is 64.7. The van der Waals surface area contributed by atoms with Crippen molar-refractivity contribution in [1.82, 2.24) is 10.6 Å². The minimum absolute atomic E-state index is 0.0309. The number of ether oxygens (including phenoxy) is 2. The van der Waals surface area contributed by atoms with Gasteiger partial charge in [-0.2, -0.15) is 0 Å². The molecule has 4 fully saturated rings. The van der Waals surface area contributed by atoms with Gasteiger partial charge in [-0.25, -0.2) is 0 Å². The van der Waals surface area contributed by atoms with Crippen molar-refractivity contribution in [3.63, 3.8) is 0 Å². The third-order valence-corrected chi connectivity index (χ3v) is 18.1. The highest BCUT2D eigenvalue weighted by Gasteiger charge is 2.79. The van der Waals surface area contributed by atoms with Gasteiger partial charge in [0.15, 0.2) is 0 Å². The fourth-order valence-electron chi connectivity index (χ4n) is 14.9. The summed E-state index contributed by atoms with van der Waals surface area (Å²) in [6, 6.07) is 9.17. The largest absolute Gasteiger partial charge is 0.396 e. The Morgan fingerprint density at radius 3 is 2.58 bits per heavy atom. The zero-order chi connectivity index (χ0) is 47.9. The maximum atomic E-state index is 13.4. The van der Waals surface area contributed by atoms with Gasteiger partial charge in [-0.15, -0.1) is 0 Å². The lowest BCUT2D eigenvalue weighted by atomic mass is 9.34. The van der Waals surface area contributed by atoms with Gasteiger partial charge in [0.2, 0.25) is 0 Å². The maximum absolute atomic E-state index is 13.4. The smallest absolute Gasteiger partial charge is 0.145 e. The Hall–Kier alpha value is -3.03. The van der Waals surface area contributed by atoms with Crippen LogP contribution >= 0.6 is 0 Å². The van der Waals surface area contributed by atoms with Crippen LogP contribution in [0.3, 0.4) is 0 Å². The van der Waals surface area contributed by atoms with Crippen molar-refractivity contribution in [3.8, 4) is 0 Å². The van der Waals surface area contributed by atoms with Crippen LogP contribution in [0.4, 0.5) is 0 Å². The highest BCUT2D eigenvalue weighted by atomic mass is 16.5. The average Bonchev–Trinajstić information content (AvgIpc) is 3.54. The average molecular weight is 925 g/mol. The summed E-state index contributed by atoms with van der Waals surface area (Å²) in [5.41, 5.74) is 3.71. The first kappa shape index (κ1) is 51.8. The zero-order valence-corrected chi connectivity index (χ0v) is 41.2. The van der Waals surface area contributed by atoms with E-state index in [4.69, 9.17) is 9.47 Å². The summed E-state index contributed by atoms with van der Waals surface area (Å²) < 4.78 is 11.9. The van der Waals surface area contributed by atoms with Crippen molar-refractivity contribution in [2.45, 2.75) is 140 Å². The molecular weight excluding hydrogens is 841 g/mol. The van der Waals surface area contributed by atoms with Crippen LogP contribution in [0.5, 0.6) is 0 Å². The molecule has 0 aromatic heterocycles. The van der Waals surface area contributed by atoms with Crippen molar-refractivity contribution in [2.75, 3.05) is 60.3 Å². The molecule has 4 saturated carbocycles. The predicted molar refractivity (Wildman–Crippen MR) is 266 cm³/mol. The van der Waals surface area contributed by atoms with Crippen molar-refractivity contribution in [2.24, 2.45) is 39.9 Å². The fraction of sp³-hybridized carbons (Fsp3) is 0.667. The van der Waals surface area contributed by atoms with E-state index in [0.29, 0.717) is 63.0 Å². The van der Waals surface area contributed by atoms with Crippen LogP contribution in [-0.2, 0) is 27.1 Å². The molecule has 1 heterocycles. The zero-order valence-electron chi connectivity index (χ0n) is 41.2. The molecule has 10 heteroatoms. The third kappa shape index (κ3) is 9.87. The van der Waals surface area contributed by atoms with E-state index >= 15 is 0 Å². The van der Waals surface area contributed by atoms with E-state index in [9.17, 15) is 30.3 Å². The van der Waals surface area contributed by atoms with E-state index < -0.39 is 40.7 Å². The number of rotatable bonds is 19. The molecule has 5 aliphatic carbocycles. The minimum Gasteiger partial charge on any atom is -0.396 e. The maximum Gasteiger partial charge on any atom is 0.145 e. The fourth-order valence-corrected chi connectivity index (χ4v) is 14.9. The lowest BCUT2D eigenvalue weighted by Crippen LogP contribution is -2.73. The topological polar surface area (TPSA) is 161 Å². The quantitative estimate of drug-likeness (QED) is 0.0322. The first-order valence-electron chi connectivity index (χ1n) is 25.7. The first-order chi connectivity index (χ1) is 32.3. The van der Waals surface area contributed by atoms with Crippen LogP contribution in [-0.4, -0.2) is 115 Å². The molecule has 7 N–H and O–H groups in total. The summed E-state index contributed by atoms with van der Waals surface area (Å²) in [5.74, 6) is 0.427. The second-order valence-corrected chi connectivity index (χ2v) is 21.7. The Balaban J connectivity index is 1.23. The van der Waals surface area contributed by atoms with Crippen LogP contribution in [0.15, 0.2) is 95.2 Å². The number of aliphatic hydroxyl groups is 5. The molecule has 1 aromatic rings. The molecule has 0 saturated heterocycles. The van der Waals surface area contributed by atoms with Crippen LogP contribution < -0.4 is 10.6 Å². The highest BCUT2D eigenvalue weighted by Crippen LogP contribution is 2.80. The lowest BCUT2D eigenvalue weighted by Gasteiger charge is -2.71. The van der Waals surface area contributed by atoms with Crippen LogP contribution in [0.1, 0.15) is 115 Å². The number of hydrogen-bond acceptors (Lipinski definition) is 10. The van der Waals surface area contributed by atoms with Crippen LogP contribution in [0, 0.1) is 39.9 Å². The summed E-state index contributed by atoms with van der Waals surface area (Å²) >= 11 is 0. The molecule has 0 amide bonds. The number of fused-ring (bicyclic) bond motifs is 4. The number of carbonyl (C=O) groups excluding carboxylic acids is 1. The minimum atomic E-state index is -1.27. The van der Waals surface area contributed by atoms with E-state index in [1.807, 2.05) is 27.2 Å². The summed E-state index contributed by atoms with van der Waals surface area (Å²) in [6.07, 6.45) is 25.5. The van der Waals surface area contributed by atoms with E-state index in [-0.39, 0.29) is 43.1 Å². The van der Waals surface area contributed by atoms with Crippen molar-refractivity contribution >= 4 is 6.29 Å². The van der Waals surface area contributed by atoms with Crippen molar-refractivity contribution in [3.05, 3.63) is 106 Å². The Kier molecular flexibility index (Phi) is 17.3. The van der Waals surface area contributed by atoms with Gasteiger partial charge in [-0.1, -0.05) is 97.7 Å². The van der Waals surface area contributed by atoms with Gasteiger partial charge in [0, 0.05) is 54.6 Å². The number of aliphatic hydroxyl groups excluding tert-OH is 4.